The molecule has 0 atom stereocenters. The highest BCUT2D eigenvalue weighted by Gasteiger charge is 2.17. The number of aryl methyl sites for hydroxylation is 2. The summed E-state index contributed by atoms with van der Waals surface area (Å²) in [5.74, 6) is 1.85. The lowest BCUT2D eigenvalue weighted by Crippen LogP contribution is -1.99. The third kappa shape index (κ3) is 2.40. The van der Waals surface area contributed by atoms with Crippen molar-refractivity contribution in [2.45, 2.75) is 34.1 Å². The number of nitrogens with two attached hydrogens (primary N) is 1. The van der Waals surface area contributed by atoms with Crippen LogP contribution in [0.2, 0.25) is 0 Å². The van der Waals surface area contributed by atoms with E-state index in [0.717, 1.165) is 23.3 Å². The average Bonchev–Trinajstić information content (AvgIpc) is 2.64. The fourth-order valence-corrected chi connectivity index (χ4v) is 2.04. The molecule has 0 saturated heterocycles. The summed E-state index contributed by atoms with van der Waals surface area (Å²) in [5.41, 5.74) is 10.5. The normalized spacial score (nSPS) is 11.2. The van der Waals surface area contributed by atoms with Gasteiger partial charge in [-0.1, -0.05) is 31.1 Å². The molecule has 0 aliphatic carbocycles. The molecule has 2 N–H and O–H groups in total. The average molecular weight is 244 g/mol. The van der Waals surface area contributed by atoms with Gasteiger partial charge in [0.25, 0.3) is 0 Å². The maximum absolute atomic E-state index is 5.89. The molecule has 0 aliphatic rings. The Morgan fingerprint density at radius 3 is 2.56 bits per heavy atom. The lowest BCUT2D eigenvalue weighted by atomic mass is 9.98. The Balaban J connectivity index is 2.47. The van der Waals surface area contributed by atoms with Crippen LogP contribution in [0.1, 0.15) is 30.5 Å². The molecule has 1 aromatic carbocycles. The zero-order valence-electron chi connectivity index (χ0n) is 11.4. The van der Waals surface area contributed by atoms with E-state index in [9.17, 15) is 0 Å². The predicted molar refractivity (Wildman–Crippen MR) is 74.4 cm³/mol. The molecule has 0 aliphatic heterocycles. The van der Waals surface area contributed by atoms with Crippen molar-refractivity contribution < 1.29 is 4.52 Å². The highest BCUT2D eigenvalue weighted by Crippen LogP contribution is 2.30. The van der Waals surface area contributed by atoms with Crippen molar-refractivity contribution in [1.29, 1.82) is 0 Å². The number of nitrogens with zero attached hydrogens (tertiary/aromatic N) is 1. The summed E-state index contributed by atoms with van der Waals surface area (Å²) in [6, 6.07) is 6.29. The number of rotatable bonds is 3. The van der Waals surface area contributed by atoms with Gasteiger partial charge in [0.05, 0.1) is 0 Å². The summed E-state index contributed by atoms with van der Waals surface area (Å²) < 4.78 is 5.40. The maximum atomic E-state index is 5.89. The van der Waals surface area contributed by atoms with Crippen LogP contribution in [-0.4, -0.2) is 5.16 Å². The van der Waals surface area contributed by atoms with Gasteiger partial charge in [-0.2, -0.15) is 0 Å². The monoisotopic (exact) mass is 244 g/mol. The van der Waals surface area contributed by atoms with Crippen LogP contribution in [0.3, 0.4) is 0 Å². The zero-order chi connectivity index (χ0) is 13.3. The van der Waals surface area contributed by atoms with Crippen molar-refractivity contribution in [3.63, 3.8) is 0 Å². The Morgan fingerprint density at radius 2 is 1.94 bits per heavy atom. The van der Waals surface area contributed by atoms with Crippen LogP contribution in [-0.2, 0) is 6.42 Å². The highest BCUT2D eigenvalue weighted by molar-refractivity contribution is 5.67. The predicted octanol–water partition coefficient (Wildman–Crippen LogP) is 3.74. The van der Waals surface area contributed by atoms with Gasteiger partial charge in [0, 0.05) is 11.1 Å². The molecule has 0 fully saturated rings. The lowest BCUT2D eigenvalue weighted by molar-refractivity contribution is 0.434. The highest BCUT2D eigenvalue weighted by atomic mass is 16.5. The fourth-order valence-electron chi connectivity index (χ4n) is 2.04. The second kappa shape index (κ2) is 4.84. The Hall–Kier alpha value is -1.77. The van der Waals surface area contributed by atoms with Gasteiger partial charge in [-0.05, 0) is 43.4 Å². The number of hydrogen-bond acceptors (Lipinski definition) is 3. The molecule has 0 amide bonds. The second-order valence-corrected chi connectivity index (χ2v) is 5.27. The summed E-state index contributed by atoms with van der Waals surface area (Å²) in [5, 5.41) is 3.90. The smallest absolute Gasteiger partial charge is 0.172 e. The third-order valence-corrected chi connectivity index (χ3v) is 3.20. The van der Waals surface area contributed by atoms with Crippen molar-refractivity contribution >= 4 is 5.82 Å². The largest absolute Gasteiger partial charge is 0.381 e. The SMILES string of the molecule is Cc1ccc(-c2onc(N)c2CC(C)C)cc1C. The van der Waals surface area contributed by atoms with Crippen LogP contribution in [0.25, 0.3) is 11.3 Å². The summed E-state index contributed by atoms with van der Waals surface area (Å²) in [7, 11) is 0. The molecule has 96 valence electrons. The number of nitrogen functional groups attached to an aromatic ring is 1. The summed E-state index contributed by atoms with van der Waals surface area (Å²) >= 11 is 0. The Labute approximate surface area is 108 Å². The molecule has 3 nitrogen and oxygen atoms in total. The van der Waals surface area contributed by atoms with Gasteiger partial charge in [-0.3, -0.25) is 0 Å². The molecular weight excluding hydrogens is 224 g/mol. The molecule has 0 saturated carbocycles. The van der Waals surface area contributed by atoms with Crippen molar-refractivity contribution in [2.24, 2.45) is 5.92 Å². The van der Waals surface area contributed by atoms with E-state index in [1.54, 1.807) is 0 Å². The molecule has 3 heteroatoms. The molecule has 2 rings (SSSR count). The number of aromatic nitrogens is 1. The molecule has 18 heavy (non-hydrogen) atoms. The van der Waals surface area contributed by atoms with Crippen molar-refractivity contribution in [1.82, 2.24) is 5.16 Å². The van der Waals surface area contributed by atoms with E-state index in [1.165, 1.54) is 11.1 Å². The molecule has 0 unspecified atom stereocenters. The molecule has 0 spiro atoms. The number of benzene rings is 1. The van der Waals surface area contributed by atoms with E-state index in [1.807, 2.05) is 0 Å². The van der Waals surface area contributed by atoms with Gasteiger partial charge >= 0.3 is 0 Å². The molecule has 2 aromatic rings. The van der Waals surface area contributed by atoms with Gasteiger partial charge in [0.15, 0.2) is 11.6 Å². The summed E-state index contributed by atoms with van der Waals surface area (Å²) in [6.45, 7) is 8.52. The number of hydrogen-bond donors (Lipinski definition) is 1. The van der Waals surface area contributed by atoms with Crippen LogP contribution >= 0.6 is 0 Å². The topological polar surface area (TPSA) is 52.0 Å². The molecule has 1 heterocycles. The maximum Gasteiger partial charge on any atom is 0.172 e. The first-order valence-electron chi connectivity index (χ1n) is 6.30. The van der Waals surface area contributed by atoms with E-state index < -0.39 is 0 Å². The minimum absolute atomic E-state index is 0.511. The van der Waals surface area contributed by atoms with Crippen molar-refractivity contribution in [2.75, 3.05) is 5.73 Å². The molecule has 0 radical (unpaired) electrons. The van der Waals surface area contributed by atoms with E-state index in [4.69, 9.17) is 10.3 Å². The Kier molecular flexibility index (Phi) is 3.41. The van der Waals surface area contributed by atoms with Gasteiger partial charge in [0.2, 0.25) is 0 Å². The molecule has 1 aromatic heterocycles. The third-order valence-electron chi connectivity index (χ3n) is 3.20. The first kappa shape index (κ1) is 12.7. The first-order chi connectivity index (χ1) is 8.49. The van der Waals surface area contributed by atoms with Gasteiger partial charge < -0.3 is 10.3 Å². The van der Waals surface area contributed by atoms with E-state index in [2.05, 4.69) is 51.1 Å². The Bertz CT molecular complexity index is 556. The first-order valence-corrected chi connectivity index (χ1v) is 6.30. The van der Waals surface area contributed by atoms with Crippen molar-refractivity contribution in [3.05, 3.63) is 34.9 Å². The molecular formula is C15H20N2O. The minimum Gasteiger partial charge on any atom is -0.381 e. The zero-order valence-corrected chi connectivity index (χ0v) is 11.4. The molecule has 0 bridgehead atoms. The van der Waals surface area contributed by atoms with Crippen LogP contribution in [0.4, 0.5) is 5.82 Å². The standard InChI is InChI=1S/C15H20N2O/c1-9(2)7-13-14(18-17-15(13)16)12-6-5-10(3)11(4)8-12/h5-6,8-9H,7H2,1-4H3,(H2,16,17). The quantitative estimate of drug-likeness (QED) is 0.894. The van der Waals surface area contributed by atoms with Crippen LogP contribution in [0, 0.1) is 19.8 Å². The summed E-state index contributed by atoms with van der Waals surface area (Å²) in [4.78, 5) is 0. The fraction of sp³-hybridized carbons (Fsp3) is 0.400. The second-order valence-electron chi connectivity index (χ2n) is 5.27. The van der Waals surface area contributed by atoms with Crippen LogP contribution in [0.5, 0.6) is 0 Å². The van der Waals surface area contributed by atoms with E-state index in [0.29, 0.717) is 11.7 Å². The van der Waals surface area contributed by atoms with E-state index in [-0.39, 0.29) is 0 Å². The van der Waals surface area contributed by atoms with Crippen LogP contribution < -0.4 is 5.73 Å². The van der Waals surface area contributed by atoms with Crippen LogP contribution in [0.15, 0.2) is 22.7 Å². The van der Waals surface area contributed by atoms with Gasteiger partial charge in [-0.15, -0.1) is 0 Å². The lowest BCUT2D eigenvalue weighted by Gasteiger charge is -2.07. The van der Waals surface area contributed by atoms with Gasteiger partial charge in [0.1, 0.15) is 0 Å². The summed E-state index contributed by atoms with van der Waals surface area (Å²) in [6.07, 6.45) is 0.886. The van der Waals surface area contributed by atoms with E-state index >= 15 is 0 Å². The Morgan fingerprint density at radius 1 is 1.22 bits per heavy atom. The van der Waals surface area contributed by atoms with Gasteiger partial charge in [-0.25, -0.2) is 0 Å². The number of anilines is 1. The van der Waals surface area contributed by atoms with Crippen molar-refractivity contribution in [3.8, 4) is 11.3 Å². The minimum atomic E-state index is 0.511.